The zero-order valence-electron chi connectivity index (χ0n) is 19.6. The number of benzene rings is 1. The number of nitrogens with zero attached hydrogens (tertiary/aromatic N) is 3. The number of furan rings is 1. The van der Waals surface area contributed by atoms with Gasteiger partial charge >= 0.3 is 5.97 Å². The number of hydrogen-bond donors (Lipinski definition) is 0. The minimum Gasteiger partial charge on any atom is -0.463 e. The maximum Gasteiger partial charge on any atom is 0.338 e. The molecular formula is C26H26BrN3O4S. The van der Waals surface area contributed by atoms with Gasteiger partial charge in [-0.3, -0.25) is 9.36 Å². The molecule has 0 bridgehead atoms. The number of anilines is 1. The largest absolute Gasteiger partial charge is 0.463 e. The smallest absolute Gasteiger partial charge is 0.338 e. The van der Waals surface area contributed by atoms with Crippen LogP contribution < -0.4 is 19.8 Å². The second-order valence-corrected chi connectivity index (χ2v) is 10.4. The molecule has 2 aliphatic heterocycles. The summed E-state index contributed by atoms with van der Waals surface area (Å²) in [6.07, 6.45) is 5.28. The van der Waals surface area contributed by atoms with Crippen molar-refractivity contribution in [3.63, 3.8) is 0 Å². The van der Waals surface area contributed by atoms with Crippen molar-refractivity contribution in [2.24, 2.45) is 4.99 Å². The van der Waals surface area contributed by atoms with Crippen LogP contribution in [-0.2, 0) is 9.53 Å². The third-order valence-corrected chi connectivity index (χ3v) is 7.79. The first-order chi connectivity index (χ1) is 17.0. The molecule has 0 saturated carbocycles. The van der Waals surface area contributed by atoms with Crippen LogP contribution >= 0.6 is 27.3 Å². The molecule has 0 N–H and O–H groups in total. The Morgan fingerprint density at radius 2 is 2.00 bits per heavy atom. The van der Waals surface area contributed by atoms with Crippen LogP contribution in [0.25, 0.3) is 6.08 Å². The number of allylic oxidation sites excluding steroid dienone is 1. The van der Waals surface area contributed by atoms with Crippen LogP contribution in [0, 0.1) is 0 Å². The summed E-state index contributed by atoms with van der Waals surface area (Å²) in [5, 5.41) is 0. The Morgan fingerprint density at radius 3 is 2.71 bits per heavy atom. The molecule has 182 valence electrons. The summed E-state index contributed by atoms with van der Waals surface area (Å²) < 4.78 is 14.4. The van der Waals surface area contributed by atoms with Crippen LogP contribution in [-0.4, -0.2) is 30.2 Å². The summed E-state index contributed by atoms with van der Waals surface area (Å²) in [5.41, 5.74) is 1.54. The predicted octanol–water partition coefficient (Wildman–Crippen LogP) is 4.14. The van der Waals surface area contributed by atoms with Crippen molar-refractivity contribution in [3.8, 4) is 0 Å². The standard InChI is InChI=1S/C26H26BrN3O4S/c1-3-33-25(32)21-16(2)28-26-30(22(21)17-10-6-4-7-11-17)23(31)20(35-26)15-18-14-19(27)24(34-18)29-12-8-5-9-13-29/h4,6-7,10-11,14-15,22H,3,5,8-9,12-13H2,1-2H3/b20-15+/t22-/m0/s1. The lowest BCUT2D eigenvalue weighted by Crippen LogP contribution is -2.39. The van der Waals surface area contributed by atoms with Crippen molar-refractivity contribution in [2.75, 3.05) is 24.6 Å². The van der Waals surface area contributed by atoms with Gasteiger partial charge in [-0.2, -0.15) is 0 Å². The van der Waals surface area contributed by atoms with E-state index in [0.717, 1.165) is 41.9 Å². The van der Waals surface area contributed by atoms with Gasteiger partial charge in [0.1, 0.15) is 5.76 Å². The van der Waals surface area contributed by atoms with E-state index in [-0.39, 0.29) is 12.2 Å². The van der Waals surface area contributed by atoms with E-state index in [2.05, 4.69) is 25.8 Å². The van der Waals surface area contributed by atoms with Gasteiger partial charge in [-0.25, -0.2) is 9.79 Å². The first-order valence-corrected chi connectivity index (χ1v) is 13.4. The van der Waals surface area contributed by atoms with Gasteiger partial charge in [-0.05, 0) is 54.6 Å². The van der Waals surface area contributed by atoms with Gasteiger partial charge in [0.2, 0.25) is 5.88 Å². The van der Waals surface area contributed by atoms with Gasteiger partial charge < -0.3 is 14.1 Å². The molecule has 0 radical (unpaired) electrons. The van der Waals surface area contributed by atoms with Crippen LogP contribution in [0.15, 0.2) is 66.3 Å². The molecule has 2 aliphatic rings. The summed E-state index contributed by atoms with van der Waals surface area (Å²) in [6.45, 7) is 5.71. The Balaban J connectivity index is 1.62. The third kappa shape index (κ3) is 4.54. The molecule has 1 saturated heterocycles. The van der Waals surface area contributed by atoms with Gasteiger partial charge in [0.15, 0.2) is 4.80 Å². The van der Waals surface area contributed by atoms with E-state index >= 15 is 0 Å². The summed E-state index contributed by atoms with van der Waals surface area (Å²) in [4.78, 5) is 34.0. The number of rotatable bonds is 5. The Bertz CT molecular complexity index is 1460. The summed E-state index contributed by atoms with van der Waals surface area (Å²) in [5.74, 6) is 0.935. The molecule has 0 unspecified atom stereocenters. The number of piperidine rings is 1. The highest BCUT2D eigenvalue weighted by Gasteiger charge is 2.33. The van der Waals surface area contributed by atoms with Gasteiger partial charge in [0, 0.05) is 25.2 Å². The van der Waals surface area contributed by atoms with E-state index < -0.39 is 12.0 Å². The molecule has 4 heterocycles. The Kier molecular flexibility index (Phi) is 6.80. The molecule has 0 spiro atoms. The predicted molar refractivity (Wildman–Crippen MR) is 139 cm³/mol. The van der Waals surface area contributed by atoms with Gasteiger partial charge in [-0.1, -0.05) is 41.7 Å². The van der Waals surface area contributed by atoms with E-state index in [1.54, 1.807) is 24.5 Å². The van der Waals surface area contributed by atoms with Crippen LogP contribution in [0.4, 0.5) is 5.88 Å². The highest BCUT2D eigenvalue weighted by Crippen LogP contribution is 2.33. The van der Waals surface area contributed by atoms with Crippen LogP contribution in [0.2, 0.25) is 0 Å². The van der Waals surface area contributed by atoms with Gasteiger partial charge in [-0.15, -0.1) is 0 Å². The molecule has 0 aliphatic carbocycles. The Morgan fingerprint density at radius 1 is 1.26 bits per heavy atom. The number of hydrogen-bond acceptors (Lipinski definition) is 7. The minimum atomic E-state index is -0.610. The summed E-state index contributed by atoms with van der Waals surface area (Å²) in [6, 6.07) is 10.8. The summed E-state index contributed by atoms with van der Waals surface area (Å²) >= 11 is 4.91. The fourth-order valence-corrected chi connectivity index (χ4v) is 6.22. The first-order valence-electron chi connectivity index (χ1n) is 11.8. The molecule has 9 heteroatoms. The maximum absolute atomic E-state index is 13.7. The number of fused-ring (bicyclic) bond motifs is 1. The van der Waals surface area contributed by atoms with Crippen molar-refractivity contribution in [2.45, 2.75) is 39.2 Å². The molecule has 0 amide bonds. The Labute approximate surface area is 215 Å². The molecule has 5 rings (SSSR count). The van der Waals surface area contributed by atoms with Crippen LogP contribution in [0.3, 0.4) is 0 Å². The lowest BCUT2D eigenvalue weighted by Gasteiger charge is -2.26. The number of aromatic nitrogens is 1. The van der Waals surface area contributed by atoms with Gasteiger partial charge in [0.25, 0.3) is 5.56 Å². The van der Waals surface area contributed by atoms with Crippen molar-refractivity contribution in [3.05, 3.63) is 83.2 Å². The Hall–Kier alpha value is -2.91. The SMILES string of the molecule is CCOC(=O)C1=C(C)N=c2s/c(=C/c3cc(Br)c(N4CCCCC4)o3)c(=O)n2[C@H]1c1ccccc1. The van der Waals surface area contributed by atoms with Crippen molar-refractivity contribution >= 4 is 45.2 Å². The van der Waals surface area contributed by atoms with E-state index in [1.807, 2.05) is 36.4 Å². The first kappa shape index (κ1) is 23.8. The van der Waals surface area contributed by atoms with Gasteiger partial charge in [0.05, 0.1) is 32.9 Å². The fraction of sp³-hybridized carbons (Fsp3) is 0.346. The third-order valence-electron chi connectivity index (χ3n) is 6.24. The molecule has 35 heavy (non-hydrogen) atoms. The van der Waals surface area contributed by atoms with Crippen LogP contribution in [0.5, 0.6) is 0 Å². The molecule has 1 fully saturated rings. The number of carbonyl (C=O) groups excluding carboxylic acids is 1. The maximum atomic E-state index is 13.7. The normalized spacial score (nSPS) is 18.4. The van der Waals surface area contributed by atoms with Crippen molar-refractivity contribution in [1.29, 1.82) is 0 Å². The second kappa shape index (κ2) is 9.99. The fourth-order valence-electron chi connectivity index (χ4n) is 4.63. The second-order valence-electron chi connectivity index (χ2n) is 8.56. The highest BCUT2D eigenvalue weighted by molar-refractivity contribution is 9.10. The summed E-state index contributed by atoms with van der Waals surface area (Å²) in [7, 11) is 0. The number of esters is 1. The number of halogens is 1. The molecule has 2 aromatic heterocycles. The van der Waals surface area contributed by atoms with E-state index in [9.17, 15) is 9.59 Å². The van der Waals surface area contributed by atoms with E-state index in [1.165, 1.54) is 17.8 Å². The lowest BCUT2D eigenvalue weighted by molar-refractivity contribution is -0.139. The van der Waals surface area contributed by atoms with E-state index in [4.69, 9.17) is 9.15 Å². The van der Waals surface area contributed by atoms with Crippen molar-refractivity contribution < 1.29 is 13.9 Å². The monoisotopic (exact) mass is 555 g/mol. The van der Waals surface area contributed by atoms with E-state index in [0.29, 0.717) is 26.4 Å². The number of ether oxygens (including phenoxy) is 1. The molecular weight excluding hydrogens is 530 g/mol. The molecule has 1 aromatic carbocycles. The minimum absolute atomic E-state index is 0.219. The topological polar surface area (TPSA) is 77.0 Å². The van der Waals surface area contributed by atoms with Crippen molar-refractivity contribution in [1.82, 2.24) is 4.57 Å². The average Bonchev–Trinajstić information content (AvgIpc) is 3.38. The zero-order chi connectivity index (χ0) is 24.5. The highest BCUT2D eigenvalue weighted by atomic mass is 79.9. The number of carbonyl (C=O) groups is 1. The van der Waals surface area contributed by atoms with Crippen LogP contribution in [0.1, 0.15) is 50.5 Å². The molecule has 7 nitrogen and oxygen atoms in total. The lowest BCUT2D eigenvalue weighted by atomic mass is 9.96. The molecule has 1 atom stereocenters. The average molecular weight is 556 g/mol. The zero-order valence-corrected chi connectivity index (χ0v) is 22.0. The molecule has 3 aromatic rings. The number of thiazole rings is 1. The quantitative estimate of drug-likeness (QED) is 0.442.